The van der Waals surface area contributed by atoms with E-state index in [4.69, 9.17) is 39.5 Å². The van der Waals surface area contributed by atoms with Gasteiger partial charge in [0, 0.05) is 21.1 Å². The van der Waals surface area contributed by atoms with E-state index in [1.165, 1.54) is 6.07 Å². The zero-order valence-electron chi connectivity index (χ0n) is 8.45. The Balaban J connectivity index is 2.31. The molecule has 0 aromatic heterocycles. The Morgan fingerprint density at radius 3 is 2.06 bits per heavy atom. The van der Waals surface area contributed by atoms with Gasteiger partial charge < -0.3 is 9.84 Å². The summed E-state index contributed by atoms with van der Waals surface area (Å²) in [7, 11) is 0. The fourth-order valence-corrected chi connectivity index (χ4v) is 1.96. The summed E-state index contributed by atoms with van der Waals surface area (Å²) in [5.41, 5.74) is 0. The molecular weight excluding hydrogens is 282 g/mol. The molecule has 0 amide bonds. The molecule has 0 atom stereocenters. The Kier molecular flexibility index (Phi) is 3.67. The fraction of sp³-hybridized carbons (Fsp3) is 0. The number of ether oxygens (including phenoxy) is 1. The number of phenols is 1. The third-order valence-electron chi connectivity index (χ3n) is 1.98. The van der Waals surface area contributed by atoms with E-state index in [1.54, 1.807) is 30.3 Å². The van der Waals surface area contributed by atoms with Gasteiger partial charge in [0.25, 0.3) is 0 Å². The minimum Gasteiger partial charge on any atom is -0.504 e. The summed E-state index contributed by atoms with van der Waals surface area (Å²) in [4.78, 5) is 0. The van der Waals surface area contributed by atoms with Crippen molar-refractivity contribution >= 4 is 34.8 Å². The molecule has 0 bridgehead atoms. The lowest BCUT2D eigenvalue weighted by molar-refractivity contribution is 0.411. The van der Waals surface area contributed by atoms with Crippen LogP contribution < -0.4 is 4.74 Å². The van der Waals surface area contributed by atoms with E-state index in [9.17, 15) is 5.11 Å². The summed E-state index contributed by atoms with van der Waals surface area (Å²) in [6, 6.07) is 9.36. The van der Waals surface area contributed by atoms with E-state index >= 15 is 0 Å². The molecule has 0 aliphatic carbocycles. The van der Waals surface area contributed by atoms with Crippen LogP contribution in [0, 0.1) is 0 Å². The highest BCUT2D eigenvalue weighted by Gasteiger charge is 2.06. The first-order valence-corrected chi connectivity index (χ1v) is 5.80. The van der Waals surface area contributed by atoms with Crippen molar-refractivity contribution in [3.63, 3.8) is 0 Å². The maximum atomic E-state index is 9.62. The van der Waals surface area contributed by atoms with Crippen LogP contribution in [-0.4, -0.2) is 5.11 Å². The first-order chi connectivity index (χ1) is 8.04. The van der Waals surface area contributed by atoms with Crippen LogP contribution in [0.4, 0.5) is 0 Å². The van der Waals surface area contributed by atoms with Crippen LogP contribution in [0.5, 0.6) is 17.2 Å². The zero-order valence-corrected chi connectivity index (χ0v) is 10.7. The molecule has 2 aromatic rings. The lowest BCUT2D eigenvalue weighted by atomic mass is 10.3. The highest BCUT2D eigenvalue weighted by atomic mass is 35.5. The maximum Gasteiger partial charge on any atom is 0.169 e. The van der Waals surface area contributed by atoms with Crippen molar-refractivity contribution in [1.29, 1.82) is 0 Å². The SMILES string of the molecule is Oc1cc(Cl)ccc1Oc1cc(Cl)cc(Cl)c1. The van der Waals surface area contributed by atoms with Gasteiger partial charge in [-0.1, -0.05) is 34.8 Å². The van der Waals surface area contributed by atoms with E-state index in [-0.39, 0.29) is 11.5 Å². The van der Waals surface area contributed by atoms with Crippen LogP contribution in [0.15, 0.2) is 36.4 Å². The Morgan fingerprint density at radius 2 is 1.47 bits per heavy atom. The molecule has 1 N–H and O–H groups in total. The summed E-state index contributed by atoms with van der Waals surface area (Å²) < 4.78 is 5.45. The number of benzene rings is 2. The van der Waals surface area contributed by atoms with Gasteiger partial charge in [0.1, 0.15) is 5.75 Å². The number of hydrogen-bond acceptors (Lipinski definition) is 2. The minimum atomic E-state index is -0.0476. The number of halogens is 3. The largest absolute Gasteiger partial charge is 0.504 e. The standard InChI is InChI=1S/C12H7Cl3O2/c13-7-1-2-12(11(16)6-7)17-10-4-8(14)3-9(15)5-10/h1-6,16H. The first kappa shape index (κ1) is 12.4. The predicted molar refractivity (Wildman–Crippen MR) is 69.7 cm³/mol. The second kappa shape index (κ2) is 5.05. The molecular formula is C12H7Cl3O2. The summed E-state index contributed by atoms with van der Waals surface area (Å²) >= 11 is 17.4. The summed E-state index contributed by atoms with van der Waals surface area (Å²) in [6.07, 6.45) is 0. The van der Waals surface area contributed by atoms with Crippen LogP contribution in [0.1, 0.15) is 0 Å². The van der Waals surface area contributed by atoms with E-state index in [0.29, 0.717) is 20.8 Å². The molecule has 2 rings (SSSR count). The molecule has 0 aliphatic rings. The molecule has 2 aromatic carbocycles. The second-order valence-electron chi connectivity index (χ2n) is 3.32. The fourth-order valence-electron chi connectivity index (χ4n) is 1.29. The average Bonchev–Trinajstić information content (AvgIpc) is 2.21. The number of hydrogen-bond donors (Lipinski definition) is 1. The molecule has 0 fully saturated rings. The van der Waals surface area contributed by atoms with Gasteiger partial charge in [0.05, 0.1) is 0 Å². The normalized spacial score (nSPS) is 10.3. The van der Waals surface area contributed by atoms with E-state index in [2.05, 4.69) is 0 Å². The Bertz CT molecular complexity index is 535. The van der Waals surface area contributed by atoms with Crippen LogP contribution >= 0.6 is 34.8 Å². The van der Waals surface area contributed by atoms with Gasteiger partial charge in [-0.15, -0.1) is 0 Å². The van der Waals surface area contributed by atoms with Crippen LogP contribution in [-0.2, 0) is 0 Å². The second-order valence-corrected chi connectivity index (χ2v) is 4.63. The Labute approximate surface area is 113 Å². The van der Waals surface area contributed by atoms with Crippen LogP contribution in [0.25, 0.3) is 0 Å². The van der Waals surface area contributed by atoms with Crippen LogP contribution in [0.3, 0.4) is 0 Å². The van der Waals surface area contributed by atoms with Crippen molar-refractivity contribution in [1.82, 2.24) is 0 Å². The Morgan fingerprint density at radius 1 is 0.824 bits per heavy atom. The van der Waals surface area contributed by atoms with E-state index < -0.39 is 0 Å². The molecule has 0 saturated heterocycles. The van der Waals surface area contributed by atoms with Gasteiger partial charge in [-0.3, -0.25) is 0 Å². The summed E-state index contributed by atoms with van der Waals surface area (Å²) in [5.74, 6) is 0.682. The van der Waals surface area contributed by atoms with Gasteiger partial charge in [-0.25, -0.2) is 0 Å². The van der Waals surface area contributed by atoms with Gasteiger partial charge >= 0.3 is 0 Å². The highest BCUT2D eigenvalue weighted by Crippen LogP contribution is 2.34. The molecule has 0 aliphatic heterocycles. The van der Waals surface area contributed by atoms with Gasteiger partial charge in [-0.2, -0.15) is 0 Å². The molecule has 0 heterocycles. The lowest BCUT2D eigenvalue weighted by Gasteiger charge is -2.08. The molecule has 5 heteroatoms. The smallest absolute Gasteiger partial charge is 0.169 e. The van der Waals surface area contributed by atoms with Crippen molar-refractivity contribution in [3.8, 4) is 17.2 Å². The van der Waals surface area contributed by atoms with Crippen molar-refractivity contribution in [2.24, 2.45) is 0 Å². The molecule has 88 valence electrons. The topological polar surface area (TPSA) is 29.5 Å². The average molecular weight is 290 g/mol. The van der Waals surface area contributed by atoms with Crippen molar-refractivity contribution in [3.05, 3.63) is 51.5 Å². The minimum absolute atomic E-state index is 0.0476. The lowest BCUT2D eigenvalue weighted by Crippen LogP contribution is -1.85. The third kappa shape index (κ3) is 3.19. The number of phenolic OH excluding ortho intramolecular Hbond substituents is 1. The third-order valence-corrected chi connectivity index (χ3v) is 2.66. The maximum absolute atomic E-state index is 9.62. The van der Waals surface area contributed by atoms with E-state index in [1.807, 2.05) is 0 Å². The van der Waals surface area contributed by atoms with Gasteiger partial charge in [0.15, 0.2) is 11.5 Å². The summed E-state index contributed by atoms with van der Waals surface area (Å²) in [6.45, 7) is 0. The monoisotopic (exact) mass is 288 g/mol. The quantitative estimate of drug-likeness (QED) is 0.829. The molecule has 0 spiro atoms. The van der Waals surface area contributed by atoms with Gasteiger partial charge in [-0.05, 0) is 30.3 Å². The van der Waals surface area contributed by atoms with Crippen molar-refractivity contribution in [2.45, 2.75) is 0 Å². The Hall–Kier alpha value is -1.09. The molecule has 2 nitrogen and oxygen atoms in total. The first-order valence-electron chi connectivity index (χ1n) is 4.67. The molecule has 17 heavy (non-hydrogen) atoms. The summed E-state index contributed by atoms with van der Waals surface area (Å²) in [5, 5.41) is 11.0. The highest BCUT2D eigenvalue weighted by molar-refractivity contribution is 6.34. The van der Waals surface area contributed by atoms with Crippen molar-refractivity contribution < 1.29 is 9.84 Å². The van der Waals surface area contributed by atoms with E-state index in [0.717, 1.165) is 0 Å². The van der Waals surface area contributed by atoms with Gasteiger partial charge in [0.2, 0.25) is 0 Å². The van der Waals surface area contributed by atoms with Crippen molar-refractivity contribution in [2.75, 3.05) is 0 Å². The predicted octanol–water partition coefficient (Wildman–Crippen LogP) is 5.14. The molecule has 0 unspecified atom stereocenters. The van der Waals surface area contributed by atoms with Crippen LogP contribution in [0.2, 0.25) is 15.1 Å². The molecule has 0 saturated carbocycles. The number of aromatic hydroxyl groups is 1. The number of rotatable bonds is 2. The zero-order chi connectivity index (χ0) is 12.4. The molecule has 0 radical (unpaired) electrons.